The molecule has 0 aliphatic carbocycles. The number of halogens is 1. The van der Waals surface area contributed by atoms with Crippen LogP contribution >= 0.6 is 0 Å². The number of para-hydroxylation sites is 2. The van der Waals surface area contributed by atoms with E-state index < -0.39 is 5.82 Å². The van der Waals surface area contributed by atoms with Crippen LogP contribution in [0.2, 0.25) is 0 Å². The van der Waals surface area contributed by atoms with Crippen LogP contribution in [0.1, 0.15) is 36.5 Å². The van der Waals surface area contributed by atoms with Crippen molar-refractivity contribution in [2.75, 3.05) is 45.9 Å². The predicted octanol–water partition coefficient (Wildman–Crippen LogP) is 2.92. The van der Waals surface area contributed by atoms with Crippen LogP contribution < -0.4 is 10.1 Å². The maximum absolute atomic E-state index is 14.8. The number of amides is 2. The minimum absolute atomic E-state index is 0.0387. The molecule has 2 aliphatic rings. The molecular formula is C30H37FN6O4. The lowest BCUT2D eigenvalue weighted by molar-refractivity contribution is -0.140. The van der Waals surface area contributed by atoms with Gasteiger partial charge in [0.1, 0.15) is 29.6 Å². The van der Waals surface area contributed by atoms with Crippen LogP contribution in [-0.2, 0) is 16.1 Å². The average Bonchev–Trinajstić information content (AvgIpc) is 3.43. The molecule has 3 heterocycles. The van der Waals surface area contributed by atoms with Crippen molar-refractivity contribution < 1.29 is 23.5 Å². The van der Waals surface area contributed by atoms with Gasteiger partial charge in [-0.05, 0) is 36.6 Å². The van der Waals surface area contributed by atoms with Crippen LogP contribution in [0.25, 0.3) is 5.69 Å². The number of benzene rings is 2. The summed E-state index contributed by atoms with van der Waals surface area (Å²) < 4.78 is 27.6. The zero-order valence-electron chi connectivity index (χ0n) is 23.5. The molecule has 2 amide bonds. The van der Waals surface area contributed by atoms with Gasteiger partial charge in [-0.15, -0.1) is 5.10 Å². The lowest BCUT2D eigenvalue weighted by Gasteiger charge is -2.40. The van der Waals surface area contributed by atoms with Crippen molar-refractivity contribution in [2.24, 2.45) is 11.8 Å². The molecule has 218 valence electrons. The van der Waals surface area contributed by atoms with Gasteiger partial charge in [0, 0.05) is 38.8 Å². The molecule has 1 N–H and O–H groups in total. The number of aromatic nitrogens is 3. The molecule has 0 radical (unpaired) electrons. The SMILES string of the molecule is CC(C)CN(C(=O)c1nnn(-c2ccccc2F)c1COc1ccccc1)[C@@H]1CNC[C@H](C(=O)N2CCOCC2)C1. The summed E-state index contributed by atoms with van der Waals surface area (Å²) in [6, 6.07) is 15.2. The van der Waals surface area contributed by atoms with Gasteiger partial charge in [-0.3, -0.25) is 9.59 Å². The standard InChI is InChI=1S/C30H37FN6O4/c1-21(2)19-36(23-16-22(17-32-18-23)29(38)35-12-14-40-15-13-35)30(39)28-27(20-41-24-8-4-3-5-9-24)37(34-33-28)26-11-7-6-10-25(26)31/h3-11,21-23,32H,12-20H2,1-2H3/t22-,23+/m1/s1. The predicted molar refractivity (Wildman–Crippen MR) is 150 cm³/mol. The van der Waals surface area contributed by atoms with E-state index in [-0.39, 0.29) is 47.7 Å². The minimum Gasteiger partial charge on any atom is -0.487 e. The summed E-state index contributed by atoms with van der Waals surface area (Å²) in [5.74, 6) is -0.196. The highest BCUT2D eigenvalue weighted by molar-refractivity contribution is 5.94. The van der Waals surface area contributed by atoms with Gasteiger partial charge in [0.05, 0.1) is 19.1 Å². The molecule has 5 rings (SSSR count). The van der Waals surface area contributed by atoms with Crippen molar-refractivity contribution in [1.82, 2.24) is 30.1 Å². The second-order valence-electron chi connectivity index (χ2n) is 10.9. The van der Waals surface area contributed by atoms with Crippen LogP contribution in [0.4, 0.5) is 4.39 Å². The van der Waals surface area contributed by atoms with Gasteiger partial charge >= 0.3 is 0 Å². The largest absolute Gasteiger partial charge is 0.487 e. The van der Waals surface area contributed by atoms with E-state index in [9.17, 15) is 14.0 Å². The Balaban J connectivity index is 1.44. The highest BCUT2D eigenvalue weighted by atomic mass is 19.1. The summed E-state index contributed by atoms with van der Waals surface area (Å²) in [5, 5.41) is 11.8. The van der Waals surface area contributed by atoms with E-state index in [0.717, 1.165) is 0 Å². The van der Waals surface area contributed by atoms with E-state index in [0.29, 0.717) is 63.8 Å². The molecule has 3 aromatic rings. The lowest BCUT2D eigenvalue weighted by Crippen LogP contribution is -2.56. The van der Waals surface area contributed by atoms with Crippen LogP contribution in [0.5, 0.6) is 5.75 Å². The molecule has 0 unspecified atom stereocenters. The van der Waals surface area contributed by atoms with Crippen molar-refractivity contribution in [3.05, 3.63) is 71.8 Å². The third-order valence-electron chi connectivity index (χ3n) is 7.43. The number of hydrogen-bond acceptors (Lipinski definition) is 7. The minimum atomic E-state index is -0.489. The maximum Gasteiger partial charge on any atom is 0.276 e. The fourth-order valence-corrected chi connectivity index (χ4v) is 5.40. The van der Waals surface area contributed by atoms with Crippen LogP contribution in [0.15, 0.2) is 54.6 Å². The van der Waals surface area contributed by atoms with Crippen molar-refractivity contribution in [1.29, 1.82) is 0 Å². The number of nitrogens with one attached hydrogen (secondary N) is 1. The molecule has 2 aliphatic heterocycles. The molecule has 2 fully saturated rings. The number of morpholine rings is 1. The zero-order chi connectivity index (χ0) is 28.8. The highest BCUT2D eigenvalue weighted by Gasteiger charge is 2.37. The van der Waals surface area contributed by atoms with Crippen LogP contribution in [-0.4, -0.2) is 88.6 Å². The van der Waals surface area contributed by atoms with Gasteiger partial charge in [0.2, 0.25) is 5.91 Å². The van der Waals surface area contributed by atoms with Crippen molar-refractivity contribution in [3.63, 3.8) is 0 Å². The Labute approximate surface area is 239 Å². The van der Waals surface area contributed by atoms with Gasteiger partial charge in [0.15, 0.2) is 5.69 Å². The van der Waals surface area contributed by atoms with Gasteiger partial charge in [-0.25, -0.2) is 9.07 Å². The molecule has 10 nitrogen and oxygen atoms in total. The van der Waals surface area contributed by atoms with Gasteiger partial charge in [-0.1, -0.05) is 49.4 Å². The Kier molecular flexibility index (Phi) is 9.25. The molecule has 11 heteroatoms. The fourth-order valence-electron chi connectivity index (χ4n) is 5.40. The van der Waals surface area contributed by atoms with Crippen LogP contribution in [0, 0.1) is 17.7 Å². The van der Waals surface area contributed by atoms with Crippen molar-refractivity contribution in [2.45, 2.75) is 32.9 Å². The summed E-state index contributed by atoms with van der Waals surface area (Å²) in [6.45, 7) is 7.89. The second-order valence-corrected chi connectivity index (χ2v) is 10.9. The lowest BCUT2D eigenvalue weighted by atomic mass is 9.92. The van der Waals surface area contributed by atoms with E-state index in [1.807, 2.05) is 49.1 Å². The molecule has 2 aromatic carbocycles. The maximum atomic E-state index is 14.8. The number of ether oxygens (including phenoxy) is 2. The van der Waals surface area contributed by atoms with E-state index in [1.165, 1.54) is 10.7 Å². The third kappa shape index (κ3) is 6.74. The topological polar surface area (TPSA) is 102 Å². The molecule has 0 saturated carbocycles. The molecule has 0 bridgehead atoms. The van der Waals surface area contributed by atoms with Gasteiger partial charge < -0.3 is 24.6 Å². The Hall–Kier alpha value is -3.83. The fraction of sp³-hybridized carbons (Fsp3) is 0.467. The summed E-state index contributed by atoms with van der Waals surface area (Å²) in [6.07, 6.45) is 0.541. The Bertz CT molecular complexity index is 1330. The van der Waals surface area contributed by atoms with E-state index in [2.05, 4.69) is 15.6 Å². The quantitative estimate of drug-likeness (QED) is 0.427. The second kappa shape index (κ2) is 13.2. The first-order valence-corrected chi connectivity index (χ1v) is 14.2. The average molecular weight is 565 g/mol. The van der Waals surface area contributed by atoms with E-state index in [1.54, 1.807) is 23.1 Å². The summed E-state index contributed by atoms with van der Waals surface area (Å²) in [7, 11) is 0. The third-order valence-corrected chi connectivity index (χ3v) is 7.43. The Morgan fingerprint density at radius 2 is 1.83 bits per heavy atom. The summed E-state index contributed by atoms with van der Waals surface area (Å²) in [4.78, 5) is 31.2. The van der Waals surface area contributed by atoms with Crippen molar-refractivity contribution >= 4 is 11.8 Å². The normalized spacial score (nSPS) is 19.3. The molecule has 41 heavy (non-hydrogen) atoms. The van der Waals surface area contributed by atoms with E-state index in [4.69, 9.17) is 9.47 Å². The van der Waals surface area contributed by atoms with E-state index >= 15 is 0 Å². The molecule has 0 spiro atoms. The summed E-state index contributed by atoms with van der Waals surface area (Å²) in [5.41, 5.74) is 0.630. The number of piperidine rings is 1. The highest BCUT2D eigenvalue weighted by Crippen LogP contribution is 2.25. The first-order chi connectivity index (χ1) is 19.9. The molecule has 2 saturated heterocycles. The van der Waals surface area contributed by atoms with Crippen LogP contribution in [0.3, 0.4) is 0 Å². The first kappa shape index (κ1) is 28.7. The first-order valence-electron chi connectivity index (χ1n) is 14.2. The number of rotatable bonds is 9. The number of carbonyl (C=O) groups excluding carboxylic acids is 2. The smallest absolute Gasteiger partial charge is 0.276 e. The Morgan fingerprint density at radius 3 is 2.56 bits per heavy atom. The Morgan fingerprint density at radius 1 is 1.10 bits per heavy atom. The number of hydrogen-bond donors (Lipinski definition) is 1. The molecule has 1 aromatic heterocycles. The number of carbonyl (C=O) groups is 2. The van der Waals surface area contributed by atoms with Crippen molar-refractivity contribution in [3.8, 4) is 11.4 Å². The summed E-state index contributed by atoms with van der Waals surface area (Å²) >= 11 is 0. The van der Waals surface area contributed by atoms with Gasteiger partial charge in [0.25, 0.3) is 5.91 Å². The number of nitrogens with zero attached hydrogens (tertiary/aromatic N) is 5. The zero-order valence-corrected chi connectivity index (χ0v) is 23.5. The molecule has 2 atom stereocenters. The monoisotopic (exact) mass is 564 g/mol. The molecular weight excluding hydrogens is 527 g/mol. The van der Waals surface area contributed by atoms with Gasteiger partial charge in [-0.2, -0.15) is 0 Å².